The monoisotopic (exact) mass is 356 g/mol. The molecule has 0 saturated carbocycles. The third-order valence-corrected chi connectivity index (χ3v) is 4.08. The van der Waals surface area contributed by atoms with Crippen LogP contribution in [0, 0.1) is 5.82 Å². The molecule has 138 valence electrons. The smallest absolute Gasteiger partial charge is 0.251 e. The number of nitrogens with one attached hydrogen (secondary N) is 2. The SMILES string of the molecule is CC(C)(C)c1ccc(C(=O)NCCC(=O)NCc2ccccc2F)cc1. The summed E-state index contributed by atoms with van der Waals surface area (Å²) in [4.78, 5) is 23.9. The molecule has 0 heterocycles. The first-order valence-corrected chi connectivity index (χ1v) is 8.66. The third kappa shape index (κ3) is 5.69. The lowest BCUT2D eigenvalue weighted by Crippen LogP contribution is -2.30. The standard InChI is InChI=1S/C21H25FN2O2/c1-21(2,3)17-10-8-15(9-11-17)20(26)23-13-12-19(25)24-14-16-6-4-5-7-18(16)22/h4-11H,12-14H2,1-3H3,(H,23,26)(H,24,25). The summed E-state index contributed by atoms with van der Waals surface area (Å²) in [6.45, 7) is 6.70. The zero-order valence-electron chi connectivity index (χ0n) is 15.4. The van der Waals surface area contributed by atoms with Gasteiger partial charge in [-0.2, -0.15) is 0 Å². The summed E-state index contributed by atoms with van der Waals surface area (Å²) in [7, 11) is 0. The van der Waals surface area contributed by atoms with Crippen molar-refractivity contribution in [3.05, 3.63) is 71.0 Å². The molecule has 0 aromatic heterocycles. The first-order valence-electron chi connectivity index (χ1n) is 8.66. The Morgan fingerprint density at radius 2 is 1.62 bits per heavy atom. The van der Waals surface area contributed by atoms with Crippen LogP contribution in [0.25, 0.3) is 0 Å². The highest BCUT2D eigenvalue weighted by molar-refractivity contribution is 5.94. The summed E-state index contributed by atoms with van der Waals surface area (Å²) in [6, 6.07) is 13.7. The Hall–Kier alpha value is -2.69. The Balaban J connectivity index is 1.75. The van der Waals surface area contributed by atoms with Crippen LogP contribution in [0.4, 0.5) is 4.39 Å². The molecule has 26 heavy (non-hydrogen) atoms. The van der Waals surface area contributed by atoms with Gasteiger partial charge in [0, 0.05) is 30.6 Å². The maximum absolute atomic E-state index is 13.5. The average molecular weight is 356 g/mol. The van der Waals surface area contributed by atoms with Gasteiger partial charge in [-0.05, 0) is 29.2 Å². The van der Waals surface area contributed by atoms with E-state index in [1.807, 2.05) is 12.1 Å². The quantitative estimate of drug-likeness (QED) is 0.831. The molecule has 0 spiro atoms. The van der Waals surface area contributed by atoms with Gasteiger partial charge in [-0.1, -0.05) is 51.1 Å². The van der Waals surface area contributed by atoms with E-state index in [0.29, 0.717) is 11.1 Å². The van der Waals surface area contributed by atoms with Crippen LogP contribution in [0.3, 0.4) is 0 Å². The zero-order valence-corrected chi connectivity index (χ0v) is 15.4. The summed E-state index contributed by atoms with van der Waals surface area (Å²) >= 11 is 0. The fourth-order valence-corrected chi connectivity index (χ4v) is 2.44. The average Bonchev–Trinajstić information content (AvgIpc) is 2.60. The number of carbonyl (C=O) groups excluding carboxylic acids is 2. The Morgan fingerprint density at radius 3 is 2.23 bits per heavy atom. The van der Waals surface area contributed by atoms with Crippen LogP contribution in [-0.2, 0) is 16.8 Å². The molecule has 2 amide bonds. The van der Waals surface area contributed by atoms with Crippen molar-refractivity contribution < 1.29 is 14.0 Å². The number of halogens is 1. The summed E-state index contributed by atoms with van der Waals surface area (Å²) in [6.07, 6.45) is 0.139. The van der Waals surface area contributed by atoms with Gasteiger partial charge in [0.05, 0.1) is 0 Å². The molecule has 0 aliphatic heterocycles. The molecule has 0 unspecified atom stereocenters. The molecule has 2 aromatic carbocycles. The van der Waals surface area contributed by atoms with Gasteiger partial charge in [-0.15, -0.1) is 0 Å². The Labute approximate surface area is 153 Å². The predicted molar refractivity (Wildman–Crippen MR) is 100 cm³/mol. The fourth-order valence-electron chi connectivity index (χ4n) is 2.44. The second kappa shape index (κ2) is 8.61. The van der Waals surface area contributed by atoms with E-state index in [1.54, 1.807) is 30.3 Å². The molecule has 0 saturated heterocycles. The highest BCUT2D eigenvalue weighted by atomic mass is 19.1. The van der Waals surface area contributed by atoms with Gasteiger partial charge in [0.1, 0.15) is 5.82 Å². The van der Waals surface area contributed by atoms with Gasteiger partial charge < -0.3 is 10.6 Å². The molecule has 0 aliphatic carbocycles. The lowest BCUT2D eigenvalue weighted by molar-refractivity contribution is -0.121. The molecule has 0 radical (unpaired) electrons. The number of amides is 2. The summed E-state index contributed by atoms with van der Waals surface area (Å²) in [5, 5.41) is 5.37. The third-order valence-electron chi connectivity index (χ3n) is 4.08. The molecular weight excluding hydrogens is 331 g/mol. The van der Waals surface area contributed by atoms with E-state index in [9.17, 15) is 14.0 Å². The van der Waals surface area contributed by atoms with Crippen LogP contribution in [0.1, 0.15) is 48.7 Å². The van der Waals surface area contributed by atoms with Gasteiger partial charge in [0.2, 0.25) is 5.91 Å². The van der Waals surface area contributed by atoms with Crippen molar-refractivity contribution >= 4 is 11.8 Å². The van der Waals surface area contributed by atoms with Gasteiger partial charge in [0.15, 0.2) is 0 Å². The molecule has 4 nitrogen and oxygen atoms in total. The molecule has 2 N–H and O–H groups in total. The number of rotatable bonds is 6. The van der Waals surface area contributed by atoms with E-state index in [1.165, 1.54) is 6.07 Å². The maximum atomic E-state index is 13.5. The molecule has 0 atom stereocenters. The van der Waals surface area contributed by atoms with E-state index in [2.05, 4.69) is 31.4 Å². The van der Waals surface area contributed by atoms with Crippen molar-refractivity contribution in [3.8, 4) is 0 Å². The van der Waals surface area contributed by atoms with Crippen LogP contribution in [0.5, 0.6) is 0 Å². The number of hydrogen-bond acceptors (Lipinski definition) is 2. The van der Waals surface area contributed by atoms with Gasteiger partial charge >= 0.3 is 0 Å². The van der Waals surface area contributed by atoms with Crippen LogP contribution in [-0.4, -0.2) is 18.4 Å². The normalized spacial score (nSPS) is 11.1. The highest BCUT2D eigenvalue weighted by Crippen LogP contribution is 2.22. The molecular formula is C21H25FN2O2. The van der Waals surface area contributed by atoms with Crippen LogP contribution < -0.4 is 10.6 Å². The van der Waals surface area contributed by atoms with E-state index < -0.39 is 0 Å². The van der Waals surface area contributed by atoms with Crippen LogP contribution in [0.15, 0.2) is 48.5 Å². The number of benzene rings is 2. The van der Waals surface area contributed by atoms with Crippen molar-refractivity contribution in [3.63, 3.8) is 0 Å². The van der Waals surface area contributed by atoms with E-state index in [-0.39, 0.29) is 42.6 Å². The minimum atomic E-state index is -0.347. The van der Waals surface area contributed by atoms with Crippen molar-refractivity contribution in [2.24, 2.45) is 0 Å². The lowest BCUT2D eigenvalue weighted by Gasteiger charge is -2.19. The fraction of sp³-hybridized carbons (Fsp3) is 0.333. The van der Waals surface area contributed by atoms with Crippen LogP contribution >= 0.6 is 0 Å². The van der Waals surface area contributed by atoms with Gasteiger partial charge in [0.25, 0.3) is 5.91 Å². The van der Waals surface area contributed by atoms with Gasteiger partial charge in [-0.3, -0.25) is 9.59 Å². The van der Waals surface area contributed by atoms with Crippen LogP contribution in [0.2, 0.25) is 0 Å². The largest absolute Gasteiger partial charge is 0.352 e. The van der Waals surface area contributed by atoms with Gasteiger partial charge in [-0.25, -0.2) is 4.39 Å². The van der Waals surface area contributed by atoms with Crippen molar-refractivity contribution in [2.75, 3.05) is 6.54 Å². The topological polar surface area (TPSA) is 58.2 Å². The second-order valence-corrected chi connectivity index (χ2v) is 7.20. The minimum Gasteiger partial charge on any atom is -0.352 e. The Bertz CT molecular complexity index is 764. The molecule has 0 aliphatic rings. The summed E-state index contributed by atoms with van der Waals surface area (Å²) < 4.78 is 13.5. The molecule has 0 fully saturated rings. The lowest BCUT2D eigenvalue weighted by atomic mass is 9.87. The number of hydrogen-bond donors (Lipinski definition) is 2. The van der Waals surface area contributed by atoms with E-state index in [4.69, 9.17) is 0 Å². The first kappa shape index (κ1) is 19.6. The summed E-state index contributed by atoms with van der Waals surface area (Å²) in [5.74, 6) is -0.802. The predicted octanol–water partition coefficient (Wildman–Crippen LogP) is 3.56. The molecule has 5 heteroatoms. The van der Waals surface area contributed by atoms with Crippen molar-refractivity contribution in [1.29, 1.82) is 0 Å². The van der Waals surface area contributed by atoms with Crippen molar-refractivity contribution in [2.45, 2.75) is 39.2 Å². The number of carbonyl (C=O) groups is 2. The summed E-state index contributed by atoms with van der Waals surface area (Å²) in [5.41, 5.74) is 2.18. The second-order valence-electron chi connectivity index (χ2n) is 7.20. The zero-order chi connectivity index (χ0) is 19.2. The van der Waals surface area contributed by atoms with E-state index >= 15 is 0 Å². The Kier molecular flexibility index (Phi) is 6.50. The molecule has 2 rings (SSSR count). The van der Waals surface area contributed by atoms with Crippen molar-refractivity contribution in [1.82, 2.24) is 10.6 Å². The van der Waals surface area contributed by atoms with E-state index in [0.717, 1.165) is 5.56 Å². The minimum absolute atomic E-state index is 0.0331. The highest BCUT2D eigenvalue weighted by Gasteiger charge is 2.14. The maximum Gasteiger partial charge on any atom is 0.251 e. The first-order chi connectivity index (χ1) is 12.3. The molecule has 0 bridgehead atoms. The molecule has 2 aromatic rings. The Morgan fingerprint density at radius 1 is 0.962 bits per heavy atom.